The molecule has 0 spiro atoms. The highest BCUT2D eigenvalue weighted by Gasteiger charge is 2.32. The van der Waals surface area contributed by atoms with Gasteiger partial charge >= 0.3 is 0 Å². The lowest BCUT2D eigenvalue weighted by Gasteiger charge is -2.37. The molecule has 2 saturated heterocycles. The Morgan fingerprint density at radius 2 is 2.21 bits per heavy atom. The number of halogens is 1. The van der Waals surface area contributed by atoms with Crippen LogP contribution in [0.1, 0.15) is 25.3 Å². The molecule has 1 aromatic heterocycles. The standard InChI is InChI=1S/C21H29FN4O2/c1-2-23-21(26-9-11-28-20(14-26)19-4-3-10-27-19)24-8-7-15-13-25-18-12-16(22)5-6-17(15)18/h5-6,12-13,19-20,25H,2-4,7-11,14H2,1H3,(H,23,24). The molecular weight excluding hydrogens is 359 g/mol. The third-order valence-corrected chi connectivity index (χ3v) is 5.48. The molecule has 6 nitrogen and oxygen atoms in total. The summed E-state index contributed by atoms with van der Waals surface area (Å²) in [5.74, 6) is 0.709. The molecule has 7 heteroatoms. The minimum Gasteiger partial charge on any atom is -0.375 e. The summed E-state index contributed by atoms with van der Waals surface area (Å²) < 4.78 is 25.1. The fraction of sp³-hybridized carbons (Fsp3) is 0.571. The Balaban J connectivity index is 1.41. The Kier molecular flexibility index (Phi) is 6.12. The lowest BCUT2D eigenvalue weighted by Crippen LogP contribution is -2.53. The molecule has 2 N–H and O–H groups in total. The average molecular weight is 388 g/mol. The number of fused-ring (bicyclic) bond motifs is 1. The van der Waals surface area contributed by atoms with E-state index in [9.17, 15) is 4.39 Å². The Morgan fingerprint density at radius 1 is 1.32 bits per heavy atom. The van der Waals surface area contributed by atoms with Crippen LogP contribution in [0.4, 0.5) is 4.39 Å². The van der Waals surface area contributed by atoms with Gasteiger partial charge < -0.3 is 24.7 Å². The zero-order valence-electron chi connectivity index (χ0n) is 16.4. The molecule has 0 radical (unpaired) electrons. The van der Waals surface area contributed by atoms with Gasteiger partial charge in [-0.05, 0) is 49.9 Å². The number of rotatable bonds is 5. The van der Waals surface area contributed by atoms with E-state index < -0.39 is 0 Å². The molecule has 2 aromatic rings. The lowest BCUT2D eigenvalue weighted by molar-refractivity contribution is -0.0817. The van der Waals surface area contributed by atoms with Gasteiger partial charge in [-0.15, -0.1) is 0 Å². The van der Waals surface area contributed by atoms with E-state index in [2.05, 4.69) is 22.1 Å². The molecule has 0 bridgehead atoms. The van der Waals surface area contributed by atoms with E-state index in [1.54, 1.807) is 0 Å². The van der Waals surface area contributed by atoms with Crippen molar-refractivity contribution in [2.75, 3.05) is 39.4 Å². The number of H-pyrrole nitrogens is 1. The summed E-state index contributed by atoms with van der Waals surface area (Å²) >= 11 is 0. The van der Waals surface area contributed by atoms with Gasteiger partial charge in [0.1, 0.15) is 11.9 Å². The number of guanidine groups is 1. The van der Waals surface area contributed by atoms with Crippen LogP contribution in [0.2, 0.25) is 0 Å². The topological polar surface area (TPSA) is 61.9 Å². The number of nitrogens with zero attached hydrogens (tertiary/aromatic N) is 2. The van der Waals surface area contributed by atoms with Gasteiger partial charge in [-0.3, -0.25) is 4.99 Å². The zero-order chi connectivity index (χ0) is 19.3. The fourth-order valence-electron chi connectivity index (χ4n) is 4.06. The van der Waals surface area contributed by atoms with Gasteiger partial charge in [0.05, 0.1) is 12.7 Å². The van der Waals surface area contributed by atoms with Crippen LogP contribution < -0.4 is 5.32 Å². The van der Waals surface area contributed by atoms with Crippen LogP contribution in [-0.4, -0.2) is 67.4 Å². The third-order valence-electron chi connectivity index (χ3n) is 5.48. The summed E-state index contributed by atoms with van der Waals surface area (Å²) in [5.41, 5.74) is 1.99. The van der Waals surface area contributed by atoms with E-state index >= 15 is 0 Å². The van der Waals surface area contributed by atoms with Gasteiger partial charge in [0, 0.05) is 49.9 Å². The monoisotopic (exact) mass is 388 g/mol. The second kappa shape index (κ2) is 8.92. The van der Waals surface area contributed by atoms with Gasteiger partial charge in [-0.1, -0.05) is 0 Å². The Morgan fingerprint density at radius 3 is 3.04 bits per heavy atom. The van der Waals surface area contributed by atoms with Crippen LogP contribution in [-0.2, 0) is 15.9 Å². The van der Waals surface area contributed by atoms with Crippen LogP contribution in [0.15, 0.2) is 29.4 Å². The zero-order valence-corrected chi connectivity index (χ0v) is 16.4. The Hall–Kier alpha value is -2.12. The second-order valence-electron chi connectivity index (χ2n) is 7.40. The maximum absolute atomic E-state index is 13.4. The van der Waals surface area contributed by atoms with Crippen molar-refractivity contribution in [3.05, 3.63) is 35.8 Å². The van der Waals surface area contributed by atoms with Crippen molar-refractivity contribution in [3.8, 4) is 0 Å². The number of aliphatic imine (C=N–C) groups is 1. The van der Waals surface area contributed by atoms with Crippen molar-refractivity contribution in [1.82, 2.24) is 15.2 Å². The van der Waals surface area contributed by atoms with E-state index in [4.69, 9.17) is 14.5 Å². The van der Waals surface area contributed by atoms with Gasteiger partial charge in [-0.2, -0.15) is 0 Å². The Bertz CT molecular complexity index is 816. The van der Waals surface area contributed by atoms with Crippen molar-refractivity contribution >= 4 is 16.9 Å². The molecule has 2 unspecified atom stereocenters. The first kappa shape index (κ1) is 19.2. The van der Waals surface area contributed by atoms with Crippen molar-refractivity contribution in [2.24, 2.45) is 4.99 Å². The third kappa shape index (κ3) is 4.31. The number of benzene rings is 1. The molecule has 0 aliphatic carbocycles. The minimum atomic E-state index is -0.221. The SMILES string of the molecule is CCNC(=NCCc1c[nH]c2cc(F)ccc12)N1CCOC(C2CCCO2)C1. The van der Waals surface area contributed by atoms with Gasteiger partial charge in [0.25, 0.3) is 0 Å². The number of hydrogen-bond donors (Lipinski definition) is 2. The minimum absolute atomic E-state index is 0.114. The number of morpholine rings is 1. The predicted molar refractivity (Wildman–Crippen MR) is 108 cm³/mol. The van der Waals surface area contributed by atoms with E-state index in [0.29, 0.717) is 13.2 Å². The molecule has 0 saturated carbocycles. The van der Waals surface area contributed by atoms with Crippen molar-refractivity contribution in [1.29, 1.82) is 0 Å². The predicted octanol–water partition coefficient (Wildman–Crippen LogP) is 2.69. The highest BCUT2D eigenvalue weighted by molar-refractivity contribution is 5.83. The molecule has 2 aliphatic heterocycles. The maximum atomic E-state index is 13.4. The number of aromatic nitrogens is 1. The molecule has 28 heavy (non-hydrogen) atoms. The summed E-state index contributed by atoms with van der Waals surface area (Å²) in [6.07, 6.45) is 5.27. The van der Waals surface area contributed by atoms with Crippen molar-refractivity contribution < 1.29 is 13.9 Å². The number of aromatic amines is 1. The van der Waals surface area contributed by atoms with E-state index in [1.165, 1.54) is 12.1 Å². The summed E-state index contributed by atoms with van der Waals surface area (Å²) in [4.78, 5) is 10.3. The lowest BCUT2D eigenvalue weighted by atomic mass is 10.1. The summed E-state index contributed by atoms with van der Waals surface area (Å²) in [7, 11) is 0. The Labute approximate surface area is 165 Å². The second-order valence-corrected chi connectivity index (χ2v) is 7.40. The fourth-order valence-corrected chi connectivity index (χ4v) is 4.06. The number of nitrogens with one attached hydrogen (secondary N) is 2. The quantitative estimate of drug-likeness (QED) is 0.611. The van der Waals surface area contributed by atoms with Gasteiger partial charge in [0.2, 0.25) is 0 Å². The maximum Gasteiger partial charge on any atom is 0.194 e. The van der Waals surface area contributed by atoms with Crippen LogP contribution in [0, 0.1) is 5.82 Å². The molecule has 2 aliphatic rings. The van der Waals surface area contributed by atoms with Gasteiger partial charge in [0.15, 0.2) is 5.96 Å². The number of hydrogen-bond acceptors (Lipinski definition) is 3. The molecule has 3 heterocycles. The first-order chi connectivity index (χ1) is 13.7. The van der Waals surface area contributed by atoms with Crippen LogP contribution in [0.5, 0.6) is 0 Å². The molecule has 1 aromatic carbocycles. The highest BCUT2D eigenvalue weighted by atomic mass is 19.1. The summed E-state index contributed by atoms with van der Waals surface area (Å²) in [6, 6.07) is 4.87. The molecule has 4 rings (SSSR count). The molecule has 2 fully saturated rings. The van der Waals surface area contributed by atoms with Crippen LogP contribution >= 0.6 is 0 Å². The van der Waals surface area contributed by atoms with E-state index in [1.807, 2.05) is 12.3 Å². The van der Waals surface area contributed by atoms with E-state index in [0.717, 1.165) is 67.9 Å². The summed E-state index contributed by atoms with van der Waals surface area (Å²) in [5, 5.41) is 4.47. The van der Waals surface area contributed by atoms with E-state index in [-0.39, 0.29) is 18.0 Å². The van der Waals surface area contributed by atoms with Crippen LogP contribution in [0.3, 0.4) is 0 Å². The average Bonchev–Trinajstić information content (AvgIpc) is 3.37. The van der Waals surface area contributed by atoms with Crippen molar-refractivity contribution in [2.45, 2.75) is 38.4 Å². The normalized spacial score (nSPS) is 23.5. The largest absolute Gasteiger partial charge is 0.375 e. The molecule has 0 amide bonds. The van der Waals surface area contributed by atoms with Crippen LogP contribution in [0.25, 0.3) is 10.9 Å². The summed E-state index contributed by atoms with van der Waals surface area (Å²) in [6.45, 7) is 6.77. The smallest absolute Gasteiger partial charge is 0.194 e. The van der Waals surface area contributed by atoms with Crippen molar-refractivity contribution in [3.63, 3.8) is 0 Å². The first-order valence-electron chi connectivity index (χ1n) is 10.3. The molecular formula is C21H29FN4O2. The first-order valence-corrected chi connectivity index (χ1v) is 10.3. The van der Waals surface area contributed by atoms with Gasteiger partial charge in [-0.25, -0.2) is 4.39 Å². The highest BCUT2D eigenvalue weighted by Crippen LogP contribution is 2.22. The molecule has 152 valence electrons. The number of ether oxygens (including phenoxy) is 2. The molecule has 2 atom stereocenters.